The fraction of sp³-hybridized carbons (Fsp3) is 0.259. The van der Waals surface area contributed by atoms with Crippen molar-refractivity contribution >= 4 is 22.4 Å². The topological polar surface area (TPSA) is 91.2 Å². The highest BCUT2D eigenvalue weighted by Gasteiger charge is 2.17. The second kappa shape index (κ2) is 10.7. The van der Waals surface area contributed by atoms with Crippen LogP contribution < -0.4 is 14.8 Å². The first-order chi connectivity index (χ1) is 17.6. The average Bonchev–Trinajstić information content (AvgIpc) is 3.50. The number of nitrogens with one attached hydrogen (secondary N) is 1. The zero-order valence-corrected chi connectivity index (χ0v) is 20.9. The highest BCUT2D eigenvalue weighted by molar-refractivity contribution is 7.15. The molecule has 0 saturated heterocycles. The van der Waals surface area contributed by atoms with Gasteiger partial charge in [-0.15, -0.1) is 28.1 Å². The van der Waals surface area contributed by atoms with Gasteiger partial charge in [0.05, 0.1) is 6.61 Å². The molecule has 1 aliphatic heterocycles. The van der Waals surface area contributed by atoms with Crippen molar-refractivity contribution in [3.8, 4) is 28.6 Å². The summed E-state index contributed by atoms with van der Waals surface area (Å²) >= 11 is 1.42. The van der Waals surface area contributed by atoms with Gasteiger partial charge < -0.3 is 14.0 Å². The molecular weight excluding hydrogens is 474 g/mol. The van der Waals surface area contributed by atoms with E-state index >= 15 is 0 Å². The van der Waals surface area contributed by atoms with Crippen LogP contribution in [0.25, 0.3) is 11.4 Å². The maximum absolute atomic E-state index is 12.9. The van der Waals surface area contributed by atoms with Crippen molar-refractivity contribution in [2.45, 2.75) is 39.2 Å². The molecule has 1 aliphatic rings. The highest BCUT2D eigenvalue weighted by Crippen LogP contribution is 2.30. The van der Waals surface area contributed by atoms with Crippen LogP contribution in [0.2, 0.25) is 0 Å². The summed E-state index contributed by atoms with van der Waals surface area (Å²) in [4.78, 5) is 18.1. The minimum Gasteiger partial charge on any atom is -0.493 e. The number of carbonyl (C=O) groups is 1. The Bertz CT molecular complexity index is 1380. The molecule has 0 radical (unpaired) electrons. The summed E-state index contributed by atoms with van der Waals surface area (Å²) in [5.41, 5.74) is 1.41. The molecule has 2 aromatic heterocycles. The molecule has 0 bridgehead atoms. The van der Waals surface area contributed by atoms with Crippen LogP contribution >= 0.6 is 11.3 Å². The van der Waals surface area contributed by atoms with Crippen molar-refractivity contribution in [1.29, 1.82) is 0 Å². The van der Waals surface area contributed by atoms with Gasteiger partial charge in [0.25, 0.3) is 5.91 Å². The largest absolute Gasteiger partial charge is 0.493 e. The SMILES string of the molecule is C=CCCOc1cc(Oc2ccc(-c3nnc4n3CCCC4)cc2)cc(C(=O)Nc2ncc(C)s2)c1. The Balaban J connectivity index is 1.36. The summed E-state index contributed by atoms with van der Waals surface area (Å²) in [6, 6.07) is 12.9. The fourth-order valence-electron chi connectivity index (χ4n) is 4.02. The summed E-state index contributed by atoms with van der Waals surface area (Å²) < 4.78 is 14.1. The predicted molar refractivity (Wildman–Crippen MR) is 140 cm³/mol. The maximum Gasteiger partial charge on any atom is 0.257 e. The number of hydrogen-bond acceptors (Lipinski definition) is 7. The average molecular weight is 502 g/mol. The molecule has 4 aromatic rings. The molecule has 0 fully saturated rings. The van der Waals surface area contributed by atoms with E-state index in [1.165, 1.54) is 11.3 Å². The molecule has 1 N–H and O–H groups in total. The second-order valence-corrected chi connectivity index (χ2v) is 9.76. The number of thiazole rings is 1. The van der Waals surface area contributed by atoms with E-state index in [1.807, 2.05) is 31.2 Å². The van der Waals surface area contributed by atoms with Gasteiger partial charge in [0.1, 0.15) is 23.1 Å². The van der Waals surface area contributed by atoms with Gasteiger partial charge in [0.15, 0.2) is 11.0 Å². The number of rotatable bonds is 9. The van der Waals surface area contributed by atoms with Crippen molar-refractivity contribution in [2.24, 2.45) is 0 Å². The van der Waals surface area contributed by atoms with Crippen LogP contribution in [0.5, 0.6) is 17.2 Å². The standard InChI is InChI=1S/C27H27N5O3S/c1-3-4-13-34-22-14-20(26(33)29-27-28-17-18(2)36-27)15-23(16-22)35-21-10-8-19(9-11-21)25-31-30-24-7-5-6-12-32(24)25/h3,8-11,14-17H,1,4-7,12-13H2,2H3,(H,28,29,33). The lowest BCUT2D eigenvalue weighted by Crippen LogP contribution is -2.12. The lowest BCUT2D eigenvalue weighted by atomic mass is 10.1. The van der Waals surface area contributed by atoms with E-state index in [0.717, 1.165) is 47.9 Å². The van der Waals surface area contributed by atoms with Crippen molar-refractivity contribution in [3.63, 3.8) is 0 Å². The van der Waals surface area contributed by atoms with E-state index in [-0.39, 0.29) is 5.91 Å². The fourth-order valence-corrected chi connectivity index (χ4v) is 4.68. The second-order valence-electron chi connectivity index (χ2n) is 8.52. The van der Waals surface area contributed by atoms with Gasteiger partial charge in [-0.3, -0.25) is 10.1 Å². The molecule has 0 spiro atoms. The third-order valence-corrected chi connectivity index (χ3v) is 6.61. The van der Waals surface area contributed by atoms with E-state index in [2.05, 4.69) is 31.6 Å². The lowest BCUT2D eigenvalue weighted by Gasteiger charge is -2.15. The number of aromatic nitrogens is 4. The minimum absolute atomic E-state index is 0.282. The van der Waals surface area contributed by atoms with E-state index in [4.69, 9.17) is 9.47 Å². The zero-order chi connectivity index (χ0) is 24.9. The van der Waals surface area contributed by atoms with Crippen LogP contribution in [0.4, 0.5) is 5.13 Å². The van der Waals surface area contributed by atoms with E-state index < -0.39 is 0 Å². The Kier molecular flexibility index (Phi) is 7.08. The van der Waals surface area contributed by atoms with Crippen LogP contribution in [0.15, 0.2) is 61.3 Å². The van der Waals surface area contributed by atoms with Gasteiger partial charge in [-0.25, -0.2) is 4.98 Å². The first-order valence-corrected chi connectivity index (χ1v) is 12.7. The summed E-state index contributed by atoms with van der Waals surface area (Å²) in [5.74, 6) is 3.33. The third-order valence-electron chi connectivity index (χ3n) is 5.78. The zero-order valence-electron chi connectivity index (χ0n) is 20.1. The molecular formula is C27H27N5O3S. The molecule has 184 valence electrons. The lowest BCUT2D eigenvalue weighted by molar-refractivity contribution is 0.102. The molecule has 1 amide bonds. The van der Waals surface area contributed by atoms with Crippen molar-refractivity contribution in [2.75, 3.05) is 11.9 Å². The molecule has 9 heteroatoms. The summed E-state index contributed by atoms with van der Waals surface area (Å²) in [6.45, 7) is 7.07. The molecule has 2 aromatic carbocycles. The van der Waals surface area contributed by atoms with Crippen molar-refractivity contribution in [3.05, 3.63) is 77.6 Å². The van der Waals surface area contributed by atoms with Crippen LogP contribution in [-0.2, 0) is 13.0 Å². The van der Waals surface area contributed by atoms with Crippen LogP contribution in [-0.4, -0.2) is 32.3 Å². The number of nitrogens with zero attached hydrogens (tertiary/aromatic N) is 4. The van der Waals surface area contributed by atoms with Crippen LogP contribution in [0.1, 0.15) is 40.3 Å². The number of ether oxygens (including phenoxy) is 2. The Labute approximate surface area is 213 Å². The highest BCUT2D eigenvalue weighted by atomic mass is 32.1. The van der Waals surface area contributed by atoms with E-state index in [1.54, 1.807) is 30.5 Å². The number of hydrogen-bond donors (Lipinski definition) is 1. The Hall–Kier alpha value is -3.98. The van der Waals surface area contributed by atoms with Gasteiger partial charge in [-0.05, 0) is 62.6 Å². The van der Waals surface area contributed by atoms with Gasteiger partial charge in [0.2, 0.25) is 0 Å². The first kappa shape index (κ1) is 23.7. The quantitative estimate of drug-likeness (QED) is 0.222. The van der Waals surface area contributed by atoms with Gasteiger partial charge in [0, 0.05) is 41.2 Å². The molecule has 3 heterocycles. The molecule has 0 unspecified atom stereocenters. The van der Waals surface area contributed by atoms with Gasteiger partial charge >= 0.3 is 0 Å². The number of anilines is 1. The predicted octanol–water partition coefficient (Wildman–Crippen LogP) is 6.05. The molecule has 5 rings (SSSR count). The summed E-state index contributed by atoms with van der Waals surface area (Å²) in [5, 5.41) is 12.1. The Morgan fingerprint density at radius 1 is 1.14 bits per heavy atom. The molecule has 0 aliphatic carbocycles. The molecule has 36 heavy (non-hydrogen) atoms. The number of fused-ring (bicyclic) bond motifs is 1. The monoisotopic (exact) mass is 501 g/mol. The number of amides is 1. The van der Waals surface area contributed by atoms with Crippen LogP contribution in [0.3, 0.4) is 0 Å². The maximum atomic E-state index is 12.9. The Morgan fingerprint density at radius 2 is 1.97 bits per heavy atom. The van der Waals surface area contributed by atoms with E-state index in [9.17, 15) is 4.79 Å². The number of carbonyl (C=O) groups excluding carboxylic acids is 1. The first-order valence-electron chi connectivity index (χ1n) is 11.9. The normalized spacial score (nSPS) is 12.6. The Morgan fingerprint density at radius 3 is 2.75 bits per heavy atom. The third kappa shape index (κ3) is 5.46. The van der Waals surface area contributed by atoms with Gasteiger partial charge in [-0.2, -0.15) is 0 Å². The van der Waals surface area contributed by atoms with Crippen LogP contribution in [0, 0.1) is 6.92 Å². The molecule has 8 nitrogen and oxygen atoms in total. The molecule has 0 atom stereocenters. The summed E-state index contributed by atoms with van der Waals surface area (Å²) in [6.07, 6.45) is 7.47. The molecule has 0 saturated carbocycles. The van der Waals surface area contributed by atoms with E-state index in [0.29, 0.717) is 41.0 Å². The number of benzene rings is 2. The van der Waals surface area contributed by atoms with Gasteiger partial charge in [-0.1, -0.05) is 6.08 Å². The van der Waals surface area contributed by atoms with Crippen molar-refractivity contribution in [1.82, 2.24) is 19.7 Å². The summed E-state index contributed by atoms with van der Waals surface area (Å²) in [7, 11) is 0. The van der Waals surface area contributed by atoms with Crippen molar-refractivity contribution < 1.29 is 14.3 Å². The smallest absolute Gasteiger partial charge is 0.257 e. The minimum atomic E-state index is -0.282. The number of aryl methyl sites for hydroxylation is 2.